The number of nitrogens with one attached hydrogen (secondary N) is 1. The van der Waals surface area contributed by atoms with Crippen LogP contribution in [0.1, 0.15) is 54.1 Å². The second-order valence-corrected chi connectivity index (χ2v) is 8.57. The molecule has 0 saturated heterocycles. The van der Waals surface area contributed by atoms with Crippen molar-refractivity contribution in [2.75, 3.05) is 20.8 Å². The molecule has 3 aromatic rings. The third-order valence-electron chi connectivity index (χ3n) is 6.43. The van der Waals surface area contributed by atoms with Gasteiger partial charge in [0.05, 0.1) is 25.8 Å². The number of alkyl halides is 3. The predicted molar refractivity (Wildman–Crippen MR) is 124 cm³/mol. The number of hydrogen-bond donors (Lipinski definition) is 1. The van der Waals surface area contributed by atoms with Crippen LogP contribution in [0.4, 0.5) is 13.2 Å². The van der Waals surface area contributed by atoms with Crippen LogP contribution in [0, 0.1) is 0 Å². The summed E-state index contributed by atoms with van der Waals surface area (Å²) in [5.41, 5.74) is 2.14. The van der Waals surface area contributed by atoms with Gasteiger partial charge in [0.25, 0.3) is 0 Å². The Morgan fingerprint density at radius 3 is 2.57 bits per heavy atom. The summed E-state index contributed by atoms with van der Waals surface area (Å²) in [5, 5.41) is 0.932. The van der Waals surface area contributed by atoms with Gasteiger partial charge in [0, 0.05) is 36.0 Å². The van der Waals surface area contributed by atoms with Crippen LogP contribution in [0.3, 0.4) is 0 Å². The highest BCUT2D eigenvalue weighted by molar-refractivity contribution is 5.88. The van der Waals surface area contributed by atoms with E-state index in [2.05, 4.69) is 9.72 Å². The lowest BCUT2D eigenvalue weighted by Crippen LogP contribution is -2.40. The molecule has 1 N–H and O–H groups in total. The highest BCUT2D eigenvalue weighted by Crippen LogP contribution is 2.41. The first kappa shape index (κ1) is 24.6. The van der Waals surface area contributed by atoms with Gasteiger partial charge < -0.3 is 19.4 Å². The molecule has 1 aromatic heterocycles. The topological polar surface area (TPSA) is 71.6 Å². The quantitative estimate of drug-likeness (QED) is 0.357. The van der Waals surface area contributed by atoms with Gasteiger partial charge >= 0.3 is 12.1 Å². The number of nitrogens with zero attached hydrogens (tertiary/aromatic N) is 1. The summed E-state index contributed by atoms with van der Waals surface area (Å²) < 4.78 is 50.5. The van der Waals surface area contributed by atoms with Crippen LogP contribution in [0.5, 0.6) is 5.75 Å². The zero-order valence-electron chi connectivity index (χ0n) is 19.6. The number of ether oxygens (including phenoxy) is 2. The molecule has 0 radical (unpaired) electrons. The number of benzene rings is 2. The van der Waals surface area contributed by atoms with Crippen molar-refractivity contribution in [1.29, 1.82) is 0 Å². The van der Waals surface area contributed by atoms with Crippen molar-refractivity contribution in [3.05, 3.63) is 64.8 Å². The van der Waals surface area contributed by atoms with Crippen LogP contribution in [0.2, 0.25) is 0 Å². The molecule has 4 rings (SSSR count). The van der Waals surface area contributed by atoms with E-state index in [9.17, 15) is 22.8 Å². The molecule has 0 saturated carbocycles. The number of carbonyl (C=O) groups excluding carboxylic acids is 2. The number of carbonyl (C=O) groups is 2. The monoisotopic (exact) mass is 488 g/mol. The molecular formula is C26H27F3N2O4. The Kier molecular flexibility index (Phi) is 7.05. The molecule has 9 heteroatoms. The molecule has 2 heterocycles. The van der Waals surface area contributed by atoms with Crippen molar-refractivity contribution in [3.8, 4) is 5.75 Å². The zero-order chi connectivity index (χ0) is 25.2. The number of unbranched alkanes of at least 4 members (excludes halogenated alkanes) is 1. The fourth-order valence-corrected chi connectivity index (χ4v) is 4.69. The zero-order valence-corrected chi connectivity index (χ0v) is 19.6. The van der Waals surface area contributed by atoms with E-state index in [4.69, 9.17) is 4.74 Å². The van der Waals surface area contributed by atoms with E-state index < -0.39 is 17.8 Å². The molecular weight excluding hydrogens is 461 g/mol. The van der Waals surface area contributed by atoms with E-state index >= 15 is 0 Å². The molecule has 0 unspecified atom stereocenters. The van der Waals surface area contributed by atoms with Gasteiger partial charge in [0.1, 0.15) is 5.75 Å². The molecule has 186 valence electrons. The number of aromatic amines is 1. The highest BCUT2D eigenvalue weighted by atomic mass is 19.4. The summed E-state index contributed by atoms with van der Waals surface area (Å²) in [6, 6.07) is 10.0. The first-order valence-corrected chi connectivity index (χ1v) is 11.4. The van der Waals surface area contributed by atoms with Gasteiger partial charge in [-0.1, -0.05) is 12.1 Å². The maximum absolute atomic E-state index is 13.5. The van der Waals surface area contributed by atoms with Gasteiger partial charge in [-0.15, -0.1) is 0 Å². The number of H-pyrrole nitrogens is 1. The lowest BCUT2D eigenvalue weighted by atomic mass is 9.91. The van der Waals surface area contributed by atoms with Crippen molar-refractivity contribution in [2.45, 2.75) is 44.3 Å². The third-order valence-corrected chi connectivity index (χ3v) is 6.43. The first-order chi connectivity index (χ1) is 16.7. The average Bonchev–Trinajstić information content (AvgIpc) is 3.23. The number of methoxy groups -OCH3 is 2. The van der Waals surface area contributed by atoms with Gasteiger partial charge in [0.2, 0.25) is 5.91 Å². The van der Waals surface area contributed by atoms with E-state index in [-0.39, 0.29) is 24.7 Å². The van der Waals surface area contributed by atoms with Crippen LogP contribution in [0.25, 0.3) is 10.9 Å². The van der Waals surface area contributed by atoms with Crippen LogP contribution in [0.15, 0.2) is 42.5 Å². The molecule has 1 aliphatic heterocycles. The van der Waals surface area contributed by atoms with Gasteiger partial charge in [-0.2, -0.15) is 13.2 Å². The fourth-order valence-electron chi connectivity index (χ4n) is 4.69. The SMILES string of the molecule is COC(=O)CCCCC(=O)N1CCc2c([nH]c3ccc(OC)cc23)[C@H]1c1cccc(C(F)(F)F)c1. The van der Waals surface area contributed by atoms with Crippen LogP contribution in [-0.4, -0.2) is 42.5 Å². The highest BCUT2D eigenvalue weighted by Gasteiger charge is 2.36. The van der Waals surface area contributed by atoms with Gasteiger partial charge in [-0.3, -0.25) is 9.59 Å². The fraction of sp³-hybridized carbons (Fsp3) is 0.385. The Bertz CT molecular complexity index is 1240. The largest absolute Gasteiger partial charge is 0.497 e. The Labute approximate surface area is 201 Å². The summed E-state index contributed by atoms with van der Waals surface area (Å²) in [7, 11) is 2.89. The number of esters is 1. The van der Waals surface area contributed by atoms with Gasteiger partial charge in [-0.05, 0) is 60.7 Å². The molecule has 0 spiro atoms. The lowest BCUT2D eigenvalue weighted by Gasteiger charge is -2.36. The number of hydrogen-bond acceptors (Lipinski definition) is 4. The molecule has 0 bridgehead atoms. The Morgan fingerprint density at radius 2 is 1.86 bits per heavy atom. The Hall–Kier alpha value is -3.49. The first-order valence-electron chi connectivity index (χ1n) is 11.4. The Balaban J connectivity index is 1.71. The number of fused-ring (bicyclic) bond motifs is 3. The number of halogens is 3. The molecule has 0 aliphatic carbocycles. The number of amides is 1. The standard InChI is InChI=1S/C26H27F3N2O4/c1-34-18-10-11-21-20(15-18)19-12-13-31(22(32)8-3-4-9-23(33)35-2)25(24(19)30-21)16-6-5-7-17(14-16)26(27,28)29/h5-7,10-11,14-15,25,30H,3-4,8-9,12-13H2,1-2H3/t25-/m1/s1. The van der Waals surface area contributed by atoms with Crippen molar-refractivity contribution >= 4 is 22.8 Å². The molecule has 1 amide bonds. The maximum Gasteiger partial charge on any atom is 0.416 e. The minimum absolute atomic E-state index is 0.167. The van der Waals surface area contributed by atoms with Crippen LogP contribution in [-0.2, 0) is 26.9 Å². The molecule has 0 fully saturated rings. The molecule has 1 aliphatic rings. The third kappa shape index (κ3) is 5.13. The normalized spacial score (nSPS) is 15.7. The average molecular weight is 489 g/mol. The van der Waals surface area contributed by atoms with E-state index in [1.807, 2.05) is 18.2 Å². The summed E-state index contributed by atoms with van der Waals surface area (Å²) >= 11 is 0. The molecule has 1 atom stereocenters. The minimum Gasteiger partial charge on any atom is -0.497 e. The summed E-state index contributed by atoms with van der Waals surface area (Å²) in [6.45, 7) is 0.369. The lowest BCUT2D eigenvalue weighted by molar-refractivity contribution is -0.141. The van der Waals surface area contributed by atoms with Gasteiger partial charge in [-0.25, -0.2) is 0 Å². The summed E-state index contributed by atoms with van der Waals surface area (Å²) in [4.78, 5) is 29.6. The maximum atomic E-state index is 13.5. The Morgan fingerprint density at radius 1 is 1.09 bits per heavy atom. The van der Waals surface area contributed by atoms with E-state index in [0.29, 0.717) is 42.8 Å². The van der Waals surface area contributed by atoms with Crippen molar-refractivity contribution < 1.29 is 32.2 Å². The second kappa shape index (κ2) is 10.0. The van der Waals surface area contributed by atoms with E-state index in [1.54, 1.807) is 18.1 Å². The second-order valence-electron chi connectivity index (χ2n) is 8.57. The van der Waals surface area contributed by atoms with Crippen molar-refractivity contribution in [2.24, 2.45) is 0 Å². The smallest absolute Gasteiger partial charge is 0.416 e. The van der Waals surface area contributed by atoms with Crippen LogP contribution >= 0.6 is 0 Å². The molecule has 2 aromatic carbocycles. The van der Waals surface area contributed by atoms with E-state index in [1.165, 1.54) is 13.2 Å². The van der Waals surface area contributed by atoms with Crippen molar-refractivity contribution in [1.82, 2.24) is 9.88 Å². The predicted octanol–water partition coefficient (Wildman–Crippen LogP) is 5.40. The summed E-state index contributed by atoms with van der Waals surface area (Å²) in [5.74, 6) is 0.175. The van der Waals surface area contributed by atoms with Crippen LogP contribution < -0.4 is 4.74 Å². The number of rotatable bonds is 7. The summed E-state index contributed by atoms with van der Waals surface area (Å²) in [6.07, 6.45) is -2.55. The molecule has 35 heavy (non-hydrogen) atoms. The van der Waals surface area contributed by atoms with Crippen molar-refractivity contribution in [3.63, 3.8) is 0 Å². The van der Waals surface area contributed by atoms with E-state index in [0.717, 1.165) is 28.6 Å². The molecule has 6 nitrogen and oxygen atoms in total. The van der Waals surface area contributed by atoms with Gasteiger partial charge in [0.15, 0.2) is 0 Å². The number of aromatic nitrogens is 1. The minimum atomic E-state index is -4.50.